The summed E-state index contributed by atoms with van der Waals surface area (Å²) in [6, 6.07) is 7.23. The number of amides is 2. The molecule has 0 bridgehead atoms. The highest BCUT2D eigenvalue weighted by molar-refractivity contribution is 6.17. The SMILES string of the molecule is CCOC(=O)CCc1ccc(NC2=CC(=O)N(CCO)C2=O)cc1. The number of nitrogens with one attached hydrogen (secondary N) is 1. The first-order valence-corrected chi connectivity index (χ1v) is 7.75. The first-order chi connectivity index (χ1) is 11.5. The van der Waals surface area contributed by atoms with Crippen molar-refractivity contribution in [2.75, 3.05) is 25.1 Å². The zero-order valence-corrected chi connectivity index (χ0v) is 13.4. The molecule has 0 aliphatic carbocycles. The Morgan fingerprint density at radius 2 is 1.96 bits per heavy atom. The molecule has 1 aromatic rings. The van der Waals surface area contributed by atoms with E-state index in [2.05, 4.69) is 5.32 Å². The maximum absolute atomic E-state index is 12.0. The summed E-state index contributed by atoms with van der Waals surface area (Å²) >= 11 is 0. The fourth-order valence-corrected chi connectivity index (χ4v) is 2.30. The molecule has 0 atom stereocenters. The molecule has 7 heteroatoms. The van der Waals surface area contributed by atoms with Gasteiger partial charge in [-0.2, -0.15) is 0 Å². The highest BCUT2D eigenvalue weighted by Crippen LogP contribution is 2.18. The van der Waals surface area contributed by atoms with Crippen LogP contribution in [0, 0.1) is 0 Å². The lowest BCUT2D eigenvalue weighted by molar-refractivity contribution is -0.143. The van der Waals surface area contributed by atoms with E-state index in [1.807, 2.05) is 12.1 Å². The van der Waals surface area contributed by atoms with Gasteiger partial charge in [0.25, 0.3) is 11.8 Å². The van der Waals surface area contributed by atoms with E-state index in [4.69, 9.17) is 9.84 Å². The highest BCUT2D eigenvalue weighted by Gasteiger charge is 2.30. The lowest BCUT2D eigenvalue weighted by atomic mass is 10.1. The Morgan fingerprint density at radius 3 is 2.58 bits per heavy atom. The van der Waals surface area contributed by atoms with Gasteiger partial charge >= 0.3 is 5.97 Å². The average molecular weight is 332 g/mol. The number of nitrogens with zero attached hydrogens (tertiary/aromatic N) is 1. The van der Waals surface area contributed by atoms with Gasteiger partial charge in [0.15, 0.2) is 0 Å². The third kappa shape index (κ3) is 4.42. The second-order valence-electron chi connectivity index (χ2n) is 5.20. The first kappa shape index (κ1) is 17.7. The van der Waals surface area contributed by atoms with E-state index in [1.165, 1.54) is 6.08 Å². The lowest BCUT2D eigenvalue weighted by Gasteiger charge is -2.13. The number of aliphatic hydroxyl groups is 1. The molecule has 2 amide bonds. The molecule has 7 nitrogen and oxygen atoms in total. The van der Waals surface area contributed by atoms with Crippen LogP contribution in [0.15, 0.2) is 36.0 Å². The molecule has 0 fully saturated rings. The molecule has 2 rings (SSSR count). The number of β-amino-alcohol motifs (C(OH)–C–C–N with tert-alkyl or cyclic N) is 1. The van der Waals surface area contributed by atoms with E-state index in [-0.39, 0.29) is 24.8 Å². The van der Waals surface area contributed by atoms with Gasteiger partial charge in [0.1, 0.15) is 5.70 Å². The van der Waals surface area contributed by atoms with Crippen LogP contribution >= 0.6 is 0 Å². The summed E-state index contributed by atoms with van der Waals surface area (Å²) in [4.78, 5) is 36.0. The fraction of sp³-hybridized carbons (Fsp3) is 0.353. The molecule has 2 N–H and O–H groups in total. The number of ether oxygens (including phenoxy) is 1. The van der Waals surface area contributed by atoms with Crippen LogP contribution < -0.4 is 5.32 Å². The molecule has 1 aliphatic heterocycles. The molecule has 1 heterocycles. The van der Waals surface area contributed by atoms with Crippen molar-refractivity contribution in [3.63, 3.8) is 0 Å². The molecule has 0 unspecified atom stereocenters. The van der Waals surface area contributed by atoms with E-state index < -0.39 is 11.8 Å². The molecular formula is C17H20N2O5. The van der Waals surface area contributed by atoms with Gasteiger partial charge in [-0.05, 0) is 31.0 Å². The number of anilines is 1. The van der Waals surface area contributed by atoms with Crippen LogP contribution in [0.4, 0.5) is 5.69 Å². The molecule has 0 aromatic heterocycles. The first-order valence-electron chi connectivity index (χ1n) is 7.75. The fourth-order valence-electron chi connectivity index (χ4n) is 2.30. The van der Waals surface area contributed by atoms with E-state index in [0.29, 0.717) is 25.1 Å². The van der Waals surface area contributed by atoms with E-state index in [0.717, 1.165) is 10.5 Å². The minimum absolute atomic E-state index is 0.0217. The Bertz CT molecular complexity index is 651. The number of hydrogen-bond acceptors (Lipinski definition) is 6. The third-order valence-electron chi connectivity index (χ3n) is 3.49. The van der Waals surface area contributed by atoms with E-state index in [9.17, 15) is 14.4 Å². The molecule has 0 spiro atoms. The second-order valence-corrected chi connectivity index (χ2v) is 5.20. The molecular weight excluding hydrogens is 312 g/mol. The van der Waals surface area contributed by atoms with Crippen LogP contribution in [0.2, 0.25) is 0 Å². The van der Waals surface area contributed by atoms with Crippen LogP contribution in [0.5, 0.6) is 0 Å². The van der Waals surface area contributed by atoms with E-state index in [1.54, 1.807) is 19.1 Å². The molecule has 128 valence electrons. The molecule has 0 saturated heterocycles. The van der Waals surface area contributed by atoms with Crippen LogP contribution in [-0.4, -0.2) is 47.5 Å². The Kier molecular flexibility index (Phi) is 6.08. The molecule has 0 saturated carbocycles. The topological polar surface area (TPSA) is 95.9 Å². The van der Waals surface area contributed by atoms with Crippen molar-refractivity contribution in [2.45, 2.75) is 19.8 Å². The number of rotatable bonds is 8. The Hall–Kier alpha value is -2.67. The van der Waals surface area contributed by atoms with E-state index >= 15 is 0 Å². The quantitative estimate of drug-likeness (QED) is 0.541. The predicted molar refractivity (Wildman–Crippen MR) is 86.9 cm³/mol. The van der Waals surface area contributed by atoms with Crippen molar-refractivity contribution < 1.29 is 24.2 Å². The standard InChI is InChI=1S/C17H20N2O5/c1-2-24-16(22)8-5-12-3-6-13(7-4-12)18-14-11-15(21)19(9-10-20)17(14)23/h3-4,6-7,11,18,20H,2,5,8-10H2,1H3. The number of aliphatic hydroxyl groups excluding tert-OH is 1. The van der Waals surface area contributed by atoms with Gasteiger partial charge in [0, 0.05) is 18.2 Å². The molecule has 1 aliphatic rings. The summed E-state index contributed by atoms with van der Waals surface area (Å²) in [6.07, 6.45) is 2.10. The summed E-state index contributed by atoms with van der Waals surface area (Å²) in [5.74, 6) is -1.13. The largest absolute Gasteiger partial charge is 0.466 e. The van der Waals surface area contributed by atoms with Gasteiger partial charge in [0.2, 0.25) is 0 Å². The van der Waals surface area contributed by atoms with Crippen LogP contribution in [0.3, 0.4) is 0 Å². The number of carbonyl (C=O) groups is 3. The van der Waals surface area contributed by atoms with Crippen molar-refractivity contribution in [3.05, 3.63) is 41.6 Å². The second kappa shape index (κ2) is 8.26. The van der Waals surface area contributed by atoms with Gasteiger partial charge < -0.3 is 15.2 Å². The number of aryl methyl sites for hydroxylation is 1. The number of imide groups is 1. The number of benzene rings is 1. The number of esters is 1. The normalized spacial score (nSPS) is 13.9. The molecule has 24 heavy (non-hydrogen) atoms. The van der Waals surface area contributed by atoms with Crippen LogP contribution in [0.25, 0.3) is 0 Å². The maximum atomic E-state index is 12.0. The maximum Gasteiger partial charge on any atom is 0.306 e. The lowest BCUT2D eigenvalue weighted by Crippen LogP contribution is -2.34. The summed E-state index contributed by atoms with van der Waals surface area (Å²) in [7, 11) is 0. The summed E-state index contributed by atoms with van der Waals surface area (Å²) in [5, 5.41) is 11.8. The van der Waals surface area contributed by atoms with Crippen molar-refractivity contribution >= 4 is 23.5 Å². The summed E-state index contributed by atoms with van der Waals surface area (Å²) < 4.78 is 4.88. The van der Waals surface area contributed by atoms with Crippen molar-refractivity contribution in [3.8, 4) is 0 Å². The smallest absolute Gasteiger partial charge is 0.306 e. The van der Waals surface area contributed by atoms with Crippen molar-refractivity contribution in [1.82, 2.24) is 4.90 Å². The van der Waals surface area contributed by atoms with Crippen LogP contribution in [-0.2, 0) is 25.5 Å². The Balaban J connectivity index is 1.92. The highest BCUT2D eigenvalue weighted by atomic mass is 16.5. The third-order valence-corrected chi connectivity index (χ3v) is 3.49. The summed E-state index contributed by atoms with van der Waals surface area (Å²) in [6.45, 7) is 1.85. The van der Waals surface area contributed by atoms with Gasteiger partial charge in [0.05, 0.1) is 19.8 Å². The van der Waals surface area contributed by atoms with Crippen molar-refractivity contribution in [1.29, 1.82) is 0 Å². The zero-order valence-electron chi connectivity index (χ0n) is 13.4. The monoisotopic (exact) mass is 332 g/mol. The summed E-state index contributed by atoms with van der Waals surface area (Å²) in [5.41, 5.74) is 1.80. The van der Waals surface area contributed by atoms with Gasteiger partial charge in [-0.3, -0.25) is 19.3 Å². The molecule has 0 radical (unpaired) electrons. The number of carbonyl (C=O) groups excluding carboxylic acids is 3. The average Bonchev–Trinajstić information content (AvgIpc) is 2.82. The van der Waals surface area contributed by atoms with Gasteiger partial charge in [-0.15, -0.1) is 0 Å². The van der Waals surface area contributed by atoms with Crippen molar-refractivity contribution in [2.24, 2.45) is 0 Å². The minimum Gasteiger partial charge on any atom is -0.466 e. The van der Waals surface area contributed by atoms with Gasteiger partial charge in [-0.1, -0.05) is 12.1 Å². The predicted octanol–water partition coefficient (Wildman–Crippen LogP) is 0.839. The Labute approximate surface area is 139 Å². The number of hydrogen-bond donors (Lipinski definition) is 2. The van der Waals surface area contributed by atoms with Crippen LogP contribution in [0.1, 0.15) is 18.9 Å². The van der Waals surface area contributed by atoms with Gasteiger partial charge in [-0.25, -0.2) is 0 Å². The molecule has 1 aromatic carbocycles. The Morgan fingerprint density at radius 1 is 1.25 bits per heavy atom. The zero-order chi connectivity index (χ0) is 17.5. The minimum atomic E-state index is -0.458.